The molecule has 174 valence electrons. The van der Waals surface area contributed by atoms with Crippen molar-refractivity contribution in [1.82, 2.24) is 9.80 Å². The van der Waals surface area contributed by atoms with Crippen LogP contribution in [0.25, 0.3) is 5.76 Å². The Kier molecular flexibility index (Phi) is 7.36. The van der Waals surface area contributed by atoms with Gasteiger partial charge >= 0.3 is 0 Å². The van der Waals surface area contributed by atoms with E-state index in [0.717, 1.165) is 43.7 Å². The molecule has 2 aliphatic rings. The topological polar surface area (TPSA) is 70.1 Å². The highest BCUT2D eigenvalue weighted by molar-refractivity contribution is 6.46. The standard InChI is InChI=1S/C26H29ClN2O4/c1-2-17-33-21-11-7-18(8-12-21)23-22(24(30)19-5-9-20(27)10-6-19)25(31)26(32)29(23)16-15-28-13-3-4-14-28/h5-12,23,30H,2-4,13-17H2,1H3/b24-22+. The molecule has 1 N–H and O–H groups in total. The number of carbonyl (C=O) groups excluding carboxylic acids is 2. The van der Waals surface area contributed by atoms with E-state index in [9.17, 15) is 14.7 Å². The van der Waals surface area contributed by atoms with Crippen molar-refractivity contribution in [3.8, 4) is 5.75 Å². The van der Waals surface area contributed by atoms with Crippen LogP contribution in [0.3, 0.4) is 0 Å². The quantitative estimate of drug-likeness (QED) is 0.347. The summed E-state index contributed by atoms with van der Waals surface area (Å²) in [6.45, 7) is 5.78. The van der Waals surface area contributed by atoms with Crippen LogP contribution in [0.1, 0.15) is 43.4 Å². The number of aliphatic hydroxyl groups excluding tert-OH is 1. The third-order valence-corrected chi connectivity index (χ3v) is 6.43. The highest BCUT2D eigenvalue weighted by Gasteiger charge is 2.46. The van der Waals surface area contributed by atoms with E-state index in [1.165, 1.54) is 0 Å². The number of hydrogen-bond acceptors (Lipinski definition) is 5. The van der Waals surface area contributed by atoms with Crippen LogP contribution in [0.2, 0.25) is 5.02 Å². The molecular formula is C26H29ClN2O4. The molecule has 0 bridgehead atoms. The molecule has 2 aromatic rings. The number of likely N-dealkylation sites (tertiary alicyclic amines) is 2. The predicted octanol–water partition coefficient (Wildman–Crippen LogP) is 4.65. The van der Waals surface area contributed by atoms with Crippen LogP contribution < -0.4 is 4.74 Å². The minimum absolute atomic E-state index is 0.103. The van der Waals surface area contributed by atoms with Crippen LogP contribution in [0.15, 0.2) is 54.1 Å². The number of halogens is 1. The van der Waals surface area contributed by atoms with Crippen LogP contribution in [-0.4, -0.2) is 59.4 Å². The summed E-state index contributed by atoms with van der Waals surface area (Å²) in [5.74, 6) is -0.710. The van der Waals surface area contributed by atoms with Crippen molar-refractivity contribution < 1.29 is 19.4 Å². The Hall–Kier alpha value is -2.83. The molecule has 4 rings (SSSR count). The zero-order chi connectivity index (χ0) is 23.4. The summed E-state index contributed by atoms with van der Waals surface area (Å²) in [4.78, 5) is 30.1. The van der Waals surface area contributed by atoms with E-state index in [0.29, 0.717) is 30.3 Å². The average molecular weight is 469 g/mol. The maximum absolute atomic E-state index is 13.1. The number of ketones is 1. The first-order chi connectivity index (χ1) is 16.0. The van der Waals surface area contributed by atoms with E-state index in [2.05, 4.69) is 4.90 Å². The summed E-state index contributed by atoms with van der Waals surface area (Å²) < 4.78 is 5.68. The first kappa shape index (κ1) is 23.3. The van der Waals surface area contributed by atoms with Crippen LogP contribution in [0.5, 0.6) is 5.75 Å². The Labute approximate surface area is 199 Å². The lowest BCUT2D eigenvalue weighted by atomic mass is 9.95. The van der Waals surface area contributed by atoms with Gasteiger partial charge in [0, 0.05) is 23.7 Å². The zero-order valence-corrected chi connectivity index (χ0v) is 19.6. The van der Waals surface area contributed by atoms with E-state index in [-0.39, 0.29) is 11.3 Å². The lowest BCUT2D eigenvalue weighted by Crippen LogP contribution is -2.37. The third kappa shape index (κ3) is 5.07. The maximum atomic E-state index is 13.1. The Balaban J connectivity index is 1.71. The Morgan fingerprint density at radius 1 is 1.03 bits per heavy atom. The van der Waals surface area contributed by atoms with Gasteiger partial charge in [0.05, 0.1) is 18.2 Å². The monoisotopic (exact) mass is 468 g/mol. The summed E-state index contributed by atoms with van der Waals surface area (Å²) in [6, 6.07) is 13.3. The maximum Gasteiger partial charge on any atom is 0.295 e. The minimum Gasteiger partial charge on any atom is -0.507 e. The summed E-state index contributed by atoms with van der Waals surface area (Å²) >= 11 is 5.99. The predicted molar refractivity (Wildman–Crippen MR) is 128 cm³/mol. The molecule has 2 saturated heterocycles. The number of hydrogen-bond donors (Lipinski definition) is 1. The molecule has 7 heteroatoms. The van der Waals surface area contributed by atoms with Gasteiger partial charge < -0.3 is 19.6 Å². The van der Waals surface area contributed by atoms with Gasteiger partial charge in [-0.2, -0.15) is 0 Å². The summed E-state index contributed by atoms with van der Waals surface area (Å²) in [7, 11) is 0. The number of aliphatic hydroxyl groups is 1. The van der Waals surface area contributed by atoms with Crippen LogP contribution in [-0.2, 0) is 9.59 Å². The van der Waals surface area contributed by atoms with Crippen molar-refractivity contribution in [3.63, 3.8) is 0 Å². The molecule has 0 spiro atoms. The molecule has 1 unspecified atom stereocenters. The molecule has 0 aromatic heterocycles. The average Bonchev–Trinajstić information content (AvgIpc) is 3.43. The van der Waals surface area contributed by atoms with E-state index in [4.69, 9.17) is 16.3 Å². The fraction of sp³-hybridized carbons (Fsp3) is 0.385. The molecule has 6 nitrogen and oxygen atoms in total. The molecule has 2 aromatic carbocycles. The molecular weight excluding hydrogens is 440 g/mol. The van der Waals surface area contributed by atoms with E-state index < -0.39 is 17.7 Å². The van der Waals surface area contributed by atoms with Gasteiger partial charge in [-0.3, -0.25) is 9.59 Å². The van der Waals surface area contributed by atoms with E-state index in [1.54, 1.807) is 29.2 Å². The van der Waals surface area contributed by atoms with Gasteiger partial charge in [-0.1, -0.05) is 30.7 Å². The first-order valence-electron chi connectivity index (χ1n) is 11.5. The van der Waals surface area contributed by atoms with Crippen molar-refractivity contribution in [2.75, 3.05) is 32.8 Å². The molecule has 1 atom stereocenters. The van der Waals surface area contributed by atoms with Gasteiger partial charge in [0.25, 0.3) is 11.7 Å². The highest BCUT2D eigenvalue weighted by atomic mass is 35.5. The number of carbonyl (C=O) groups is 2. The summed E-state index contributed by atoms with van der Waals surface area (Å²) in [6.07, 6.45) is 3.20. The number of amides is 1. The molecule has 2 heterocycles. The summed E-state index contributed by atoms with van der Waals surface area (Å²) in [5, 5.41) is 11.6. The van der Waals surface area contributed by atoms with Gasteiger partial charge in [-0.25, -0.2) is 0 Å². The number of Topliss-reactive ketones (excluding diaryl/α,β-unsaturated/α-hetero) is 1. The van der Waals surface area contributed by atoms with Gasteiger partial charge in [0.2, 0.25) is 0 Å². The fourth-order valence-corrected chi connectivity index (χ4v) is 4.57. The summed E-state index contributed by atoms with van der Waals surface area (Å²) in [5.41, 5.74) is 1.31. The van der Waals surface area contributed by atoms with Gasteiger partial charge in [-0.05, 0) is 74.3 Å². The van der Waals surface area contributed by atoms with Crippen LogP contribution >= 0.6 is 11.6 Å². The highest BCUT2D eigenvalue weighted by Crippen LogP contribution is 2.39. The number of ether oxygens (including phenoxy) is 1. The Morgan fingerprint density at radius 2 is 1.70 bits per heavy atom. The molecule has 2 aliphatic heterocycles. The minimum atomic E-state index is -0.666. The Bertz CT molecular complexity index is 1030. The fourth-order valence-electron chi connectivity index (χ4n) is 4.44. The largest absolute Gasteiger partial charge is 0.507 e. The number of rotatable bonds is 8. The zero-order valence-electron chi connectivity index (χ0n) is 18.8. The first-order valence-corrected chi connectivity index (χ1v) is 11.9. The van der Waals surface area contributed by atoms with Crippen LogP contribution in [0, 0.1) is 0 Å². The lowest BCUT2D eigenvalue weighted by Gasteiger charge is -2.27. The van der Waals surface area contributed by atoms with E-state index >= 15 is 0 Å². The molecule has 0 radical (unpaired) electrons. The normalized spacial score (nSPS) is 20.5. The second-order valence-corrected chi connectivity index (χ2v) is 8.90. The second-order valence-electron chi connectivity index (χ2n) is 8.47. The lowest BCUT2D eigenvalue weighted by molar-refractivity contribution is -0.140. The SMILES string of the molecule is CCCOc1ccc(C2/C(=C(\O)c3ccc(Cl)cc3)C(=O)C(=O)N2CCN2CCCC2)cc1. The van der Waals surface area contributed by atoms with Gasteiger partial charge in [0.1, 0.15) is 11.5 Å². The number of benzene rings is 2. The molecule has 33 heavy (non-hydrogen) atoms. The van der Waals surface area contributed by atoms with Crippen molar-refractivity contribution in [2.45, 2.75) is 32.2 Å². The molecule has 0 aliphatic carbocycles. The van der Waals surface area contributed by atoms with Crippen molar-refractivity contribution in [3.05, 3.63) is 70.3 Å². The van der Waals surface area contributed by atoms with Gasteiger partial charge in [-0.15, -0.1) is 0 Å². The molecule has 1 amide bonds. The smallest absolute Gasteiger partial charge is 0.295 e. The molecule has 2 fully saturated rings. The second kappa shape index (κ2) is 10.4. The molecule has 0 saturated carbocycles. The van der Waals surface area contributed by atoms with E-state index in [1.807, 2.05) is 31.2 Å². The number of nitrogens with zero attached hydrogens (tertiary/aromatic N) is 2. The Morgan fingerprint density at radius 3 is 2.33 bits per heavy atom. The van der Waals surface area contributed by atoms with Gasteiger partial charge in [0.15, 0.2) is 0 Å². The van der Waals surface area contributed by atoms with Crippen molar-refractivity contribution in [2.24, 2.45) is 0 Å². The third-order valence-electron chi connectivity index (χ3n) is 6.18. The van der Waals surface area contributed by atoms with Crippen molar-refractivity contribution in [1.29, 1.82) is 0 Å². The van der Waals surface area contributed by atoms with Crippen molar-refractivity contribution >= 4 is 29.1 Å². The van der Waals surface area contributed by atoms with Crippen LogP contribution in [0.4, 0.5) is 0 Å².